The fourth-order valence-electron chi connectivity index (χ4n) is 2.25. The number of rotatable bonds is 5. The number of hydrogen-bond acceptors (Lipinski definition) is 6. The summed E-state index contributed by atoms with van der Waals surface area (Å²) >= 11 is 15.2. The maximum Gasteiger partial charge on any atom is 0.276 e. The molecule has 0 spiro atoms. The highest BCUT2D eigenvalue weighted by Gasteiger charge is 2.19. The van der Waals surface area contributed by atoms with Crippen LogP contribution in [0.4, 0.5) is 11.4 Å². The molecule has 0 aliphatic rings. The maximum absolute atomic E-state index is 11.0. The van der Waals surface area contributed by atoms with Gasteiger partial charge in [-0.25, -0.2) is 4.98 Å². The lowest BCUT2D eigenvalue weighted by Crippen LogP contribution is -1.95. The summed E-state index contributed by atoms with van der Waals surface area (Å²) in [4.78, 5) is 28.4. The second-order valence-corrected chi connectivity index (χ2v) is 9.32. The van der Waals surface area contributed by atoms with E-state index in [0.717, 1.165) is 29.5 Å². The van der Waals surface area contributed by atoms with E-state index in [2.05, 4.69) is 73.7 Å². The summed E-state index contributed by atoms with van der Waals surface area (Å²) in [5.74, 6) is 0.278. The quantitative estimate of drug-likeness (QED) is 0.108. The van der Waals surface area contributed by atoms with Crippen molar-refractivity contribution in [3.05, 3.63) is 61.9 Å². The van der Waals surface area contributed by atoms with E-state index < -0.39 is 9.85 Å². The molecule has 0 saturated heterocycles. The molecule has 13 heteroatoms. The van der Waals surface area contributed by atoms with Crippen LogP contribution in [0.5, 0.6) is 0 Å². The smallest absolute Gasteiger partial charge is 0.276 e. The Balaban J connectivity index is 1.93. The molecule has 0 fully saturated rings. The molecular formula is C14H6Br4N4O4S. The Kier molecular flexibility index (Phi) is 6.25. The van der Waals surface area contributed by atoms with Crippen LogP contribution in [0.2, 0.25) is 0 Å². The number of thioether (sulfide) groups is 1. The van der Waals surface area contributed by atoms with Gasteiger partial charge in [0.05, 0.1) is 30.4 Å². The number of fused-ring (bicyclic) bond motifs is 1. The molecule has 0 amide bonds. The van der Waals surface area contributed by atoms with Crippen molar-refractivity contribution in [3.8, 4) is 0 Å². The topological polar surface area (TPSA) is 115 Å². The number of nitrogens with one attached hydrogen (secondary N) is 1. The Morgan fingerprint density at radius 1 is 0.926 bits per heavy atom. The second kappa shape index (κ2) is 8.15. The van der Waals surface area contributed by atoms with Crippen LogP contribution in [-0.4, -0.2) is 19.8 Å². The van der Waals surface area contributed by atoms with Gasteiger partial charge in [0.25, 0.3) is 11.4 Å². The van der Waals surface area contributed by atoms with Crippen LogP contribution in [0, 0.1) is 20.2 Å². The number of nitrogens with zero attached hydrogens (tertiary/aromatic N) is 3. The number of hydrogen-bond donors (Lipinski definition) is 1. The van der Waals surface area contributed by atoms with Crippen molar-refractivity contribution in [2.24, 2.45) is 0 Å². The number of halogens is 4. The van der Waals surface area contributed by atoms with Gasteiger partial charge in [-0.05, 0) is 69.3 Å². The molecule has 0 aliphatic carbocycles. The molecule has 1 aromatic heterocycles. The molecule has 1 N–H and O–H groups in total. The number of nitro groups is 2. The third kappa shape index (κ3) is 4.21. The first-order valence-electron chi connectivity index (χ1n) is 6.96. The van der Waals surface area contributed by atoms with E-state index in [1.807, 2.05) is 0 Å². The van der Waals surface area contributed by atoms with Crippen LogP contribution in [-0.2, 0) is 5.75 Å². The lowest BCUT2D eigenvalue weighted by Gasteiger charge is -2.03. The van der Waals surface area contributed by atoms with Gasteiger partial charge in [0.1, 0.15) is 5.52 Å². The van der Waals surface area contributed by atoms with Crippen molar-refractivity contribution in [1.82, 2.24) is 9.97 Å². The third-order valence-electron chi connectivity index (χ3n) is 3.45. The molecule has 0 saturated carbocycles. The second-order valence-electron chi connectivity index (χ2n) is 5.18. The Morgan fingerprint density at radius 2 is 1.48 bits per heavy atom. The summed E-state index contributed by atoms with van der Waals surface area (Å²) < 4.78 is 3.18. The molecular weight excluding hydrogens is 640 g/mol. The number of imidazole rings is 1. The minimum Gasteiger partial charge on any atom is -0.332 e. The molecule has 0 unspecified atom stereocenters. The monoisotopic (exact) mass is 642 g/mol. The van der Waals surface area contributed by atoms with E-state index in [9.17, 15) is 20.2 Å². The van der Waals surface area contributed by atoms with E-state index in [1.54, 1.807) is 0 Å². The summed E-state index contributed by atoms with van der Waals surface area (Å²) in [7, 11) is 0. The van der Waals surface area contributed by atoms with Crippen molar-refractivity contribution in [2.45, 2.75) is 10.9 Å². The number of aromatic amines is 1. The summed E-state index contributed by atoms with van der Waals surface area (Å²) in [6.45, 7) is 0. The predicted molar refractivity (Wildman–Crippen MR) is 116 cm³/mol. The molecule has 1 heterocycles. The first-order valence-corrected chi connectivity index (χ1v) is 11.1. The van der Waals surface area contributed by atoms with Crippen LogP contribution >= 0.6 is 75.5 Å². The third-order valence-corrected chi connectivity index (χ3v) is 9.14. The van der Waals surface area contributed by atoms with E-state index in [0.29, 0.717) is 16.2 Å². The van der Waals surface area contributed by atoms with Crippen molar-refractivity contribution < 1.29 is 9.85 Å². The van der Waals surface area contributed by atoms with Gasteiger partial charge in [-0.1, -0.05) is 11.8 Å². The molecule has 8 nitrogen and oxygen atoms in total. The molecule has 2 aromatic carbocycles. The van der Waals surface area contributed by atoms with Gasteiger partial charge in [0.2, 0.25) is 0 Å². The zero-order chi connectivity index (χ0) is 19.9. The van der Waals surface area contributed by atoms with E-state index in [4.69, 9.17) is 0 Å². The van der Waals surface area contributed by atoms with Gasteiger partial charge >= 0.3 is 0 Å². The SMILES string of the molecule is O=[N+]([O-])c1cc(CSc2nc3c(Br)c(Br)c(Br)c(Br)c3[nH]2)cc([N+](=O)[O-])c1. The average Bonchev–Trinajstić information content (AvgIpc) is 3.07. The fraction of sp³-hybridized carbons (Fsp3) is 0.0714. The van der Waals surface area contributed by atoms with E-state index in [-0.39, 0.29) is 17.1 Å². The van der Waals surface area contributed by atoms with Crippen molar-refractivity contribution in [2.75, 3.05) is 0 Å². The zero-order valence-corrected chi connectivity index (χ0v) is 20.0. The Bertz CT molecular complexity index is 1030. The first kappa shape index (κ1) is 20.7. The zero-order valence-electron chi connectivity index (χ0n) is 12.8. The van der Waals surface area contributed by atoms with Gasteiger partial charge < -0.3 is 4.98 Å². The van der Waals surface area contributed by atoms with Gasteiger partial charge in [0.15, 0.2) is 5.16 Å². The molecule has 140 valence electrons. The van der Waals surface area contributed by atoms with Crippen molar-refractivity contribution in [1.29, 1.82) is 0 Å². The Morgan fingerprint density at radius 3 is 2.04 bits per heavy atom. The fourth-order valence-corrected chi connectivity index (χ4v) is 5.33. The molecule has 0 bridgehead atoms. The van der Waals surface area contributed by atoms with Crippen LogP contribution in [0.3, 0.4) is 0 Å². The van der Waals surface area contributed by atoms with Crippen LogP contribution < -0.4 is 0 Å². The summed E-state index contributed by atoms with van der Waals surface area (Å²) in [5, 5.41) is 22.6. The highest BCUT2D eigenvalue weighted by molar-refractivity contribution is 9.15. The van der Waals surface area contributed by atoms with Crippen LogP contribution in [0.1, 0.15) is 5.56 Å². The minimum atomic E-state index is -0.647. The van der Waals surface area contributed by atoms with Gasteiger partial charge in [0, 0.05) is 26.8 Å². The lowest BCUT2D eigenvalue weighted by atomic mass is 10.2. The number of benzene rings is 2. The van der Waals surface area contributed by atoms with E-state index >= 15 is 0 Å². The maximum atomic E-state index is 11.0. The van der Waals surface area contributed by atoms with Crippen molar-refractivity contribution in [3.63, 3.8) is 0 Å². The summed E-state index contributed by atoms with van der Waals surface area (Å²) in [6, 6.07) is 3.59. The Hall–Kier alpha value is -1.02. The standard InChI is InChI=1S/C14H6Br4N4O4S/c15-8-9(16)11(18)13-12(10(8)17)19-14(20-13)27-4-5-1-6(21(23)24)3-7(2-5)22(25)26/h1-3H,4H2,(H,19,20). The highest BCUT2D eigenvalue weighted by Crippen LogP contribution is 2.43. The average molecular weight is 646 g/mol. The molecule has 3 aromatic rings. The predicted octanol–water partition coefficient (Wildman–Crippen LogP) is 6.72. The number of H-pyrrole nitrogens is 1. The summed E-state index contributed by atoms with van der Waals surface area (Å²) in [5.41, 5.74) is 1.29. The first-order chi connectivity index (χ1) is 12.7. The number of nitro benzene ring substituents is 2. The Labute approximate surface area is 189 Å². The largest absolute Gasteiger partial charge is 0.332 e. The van der Waals surface area contributed by atoms with Crippen LogP contribution in [0.15, 0.2) is 41.2 Å². The molecule has 0 atom stereocenters. The molecule has 3 rings (SSSR count). The summed E-state index contributed by atoms with van der Waals surface area (Å²) in [6.07, 6.45) is 0. The van der Waals surface area contributed by atoms with E-state index in [1.165, 1.54) is 23.9 Å². The van der Waals surface area contributed by atoms with Crippen LogP contribution in [0.25, 0.3) is 11.0 Å². The molecule has 0 aliphatic heterocycles. The van der Waals surface area contributed by atoms with Gasteiger partial charge in [-0.2, -0.15) is 0 Å². The minimum absolute atomic E-state index is 0.278. The van der Waals surface area contributed by atoms with Gasteiger partial charge in [-0.3, -0.25) is 20.2 Å². The lowest BCUT2D eigenvalue weighted by molar-refractivity contribution is -0.394. The molecule has 27 heavy (non-hydrogen) atoms. The highest BCUT2D eigenvalue weighted by atomic mass is 79.9. The van der Waals surface area contributed by atoms with Gasteiger partial charge in [-0.15, -0.1) is 0 Å². The molecule has 0 radical (unpaired) electrons. The van der Waals surface area contributed by atoms with Crippen molar-refractivity contribution >= 4 is 97.9 Å². The normalized spacial score (nSPS) is 11.1. The number of non-ortho nitro benzene ring substituents is 2. The number of aromatic nitrogens is 2.